The van der Waals surface area contributed by atoms with Crippen molar-refractivity contribution in [2.45, 2.75) is 353 Å². The summed E-state index contributed by atoms with van der Waals surface area (Å²) in [5.41, 5.74) is 0. The predicted molar refractivity (Wildman–Crippen MR) is 405 cm³/mol. The lowest BCUT2D eigenvalue weighted by Gasteiger charge is -2.51. The van der Waals surface area contributed by atoms with Crippen molar-refractivity contribution >= 4 is 35.5 Å². The van der Waals surface area contributed by atoms with E-state index in [1.807, 2.05) is 0 Å². The predicted octanol–water partition coefficient (Wildman–Crippen LogP) is -22.9. The number of carboxylic acid groups (broad SMARTS) is 1. The number of carbonyl (C=O) groups is 6. The fourth-order valence-corrected chi connectivity index (χ4v) is 17.0. The number of carboxylic acids is 1. The third-order valence-corrected chi connectivity index (χ3v) is 23.8. The van der Waals surface area contributed by atoms with E-state index in [0.717, 1.165) is 34.6 Å². The van der Waals surface area contributed by atoms with Gasteiger partial charge in [0.15, 0.2) is 56.6 Å². The van der Waals surface area contributed by atoms with Crippen molar-refractivity contribution in [3.63, 3.8) is 0 Å². The number of aliphatic carboxylic acids is 1. The molecule has 0 spiro atoms. The summed E-state index contributed by atoms with van der Waals surface area (Å²) in [7, 11) is 0. The summed E-state index contributed by atoms with van der Waals surface area (Å²) < 4.78 is 111. The second kappa shape index (κ2) is 47.3. The van der Waals surface area contributed by atoms with Crippen molar-refractivity contribution in [2.24, 2.45) is 0 Å². The van der Waals surface area contributed by atoms with Crippen molar-refractivity contribution in [2.75, 3.05) is 66.1 Å². The van der Waals surface area contributed by atoms with E-state index in [1.54, 1.807) is 0 Å². The summed E-state index contributed by atoms with van der Waals surface area (Å²) in [5, 5.41) is 334. The van der Waals surface area contributed by atoms with Gasteiger partial charge < -0.3 is 265 Å². The van der Waals surface area contributed by atoms with Gasteiger partial charge in [0.2, 0.25) is 29.5 Å². The van der Waals surface area contributed by atoms with Gasteiger partial charge in [0.1, 0.15) is 238 Å². The highest BCUT2D eigenvalue weighted by Gasteiger charge is 2.63. The first-order chi connectivity index (χ1) is 62.3. The third kappa shape index (κ3) is 24.1. The summed E-state index contributed by atoms with van der Waals surface area (Å²) in [6, 6.07) is -9.30. The number of nitrogens with one attached hydrogen (secondary N) is 5. The molecule has 51 atom stereocenters. The van der Waals surface area contributed by atoms with Crippen LogP contribution in [-0.4, -0.2) is 562 Å². The largest absolute Gasteiger partial charge is 0.477 e. The van der Waals surface area contributed by atoms with Crippen LogP contribution in [0, 0.1) is 0 Å². The molecular formula is C73H121N5O54. The number of carbonyl (C=O) groups excluding carboxylic acids is 5. The first-order valence-electron chi connectivity index (χ1n) is 41.8. The summed E-state index contributed by atoms with van der Waals surface area (Å²) in [4.78, 5) is 76.6. The van der Waals surface area contributed by atoms with E-state index in [4.69, 9.17) is 90.0 Å². The first kappa shape index (κ1) is 109. The fourth-order valence-electron chi connectivity index (χ4n) is 17.0. The van der Waals surface area contributed by atoms with Crippen molar-refractivity contribution in [3.05, 3.63) is 0 Å². The Kier molecular flexibility index (Phi) is 39.0. The molecule has 59 nitrogen and oxygen atoms in total. The topological polar surface area (TPSA) is 925 Å². The van der Waals surface area contributed by atoms with Crippen LogP contribution in [0.1, 0.15) is 41.0 Å². The van der Waals surface area contributed by atoms with E-state index in [1.165, 1.54) is 0 Å². The average molecular weight is 1930 g/mol. The molecule has 10 rings (SSSR count). The van der Waals surface area contributed by atoms with Crippen LogP contribution in [0.15, 0.2) is 0 Å². The van der Waals surface area contributed by atoms with Gasteiger partial charge in [-0.15, -0.1) is 0 Å². The van der Waals surface area contributed by atoms with Gasteiger partial charge in [0.25, 0.3) is 5.79 Å². The van der Waals surface area contributed by atoms with Crippen LogP contribution in [0.4, 0.5) is 0 Å². The number of amides is 5. The Balaban J connectivity index is 0.858. The second-order valence-corrected chi connectivity index (χ2v) is 33.2. The Morgan fingerprint density at radius 1 is 0.311 bits per heavy atom. The van der Waals surface area contributed by atoms with Crippen LogP contribution >= 0.6 is 0 Å². The van der Waals surface area contributed by atoms with Crippen LogP contribution in [0.25, 0.3) is 0 Å². The van der Waals surface area contributed by atoms with Gasteiger partial charge in [-0.1, -0.05) is 0 Å². The minimum Gasteiger partial charge on any atom is -0.477 e. The van der Waals surface area contributed by atoms with Gasteiger partial charge in [0, 0.05) is 41.0 Å². The van der Waals surface area contributed by atoms with E-state index in [2.05, 4.69) is 26.6 Å². The lowest BCUT2D eigenvalue weighted by atomic mass is 9.88. The molecule has 762 valence electrons. The van der Waals surface area contributed by atoms with Gasteiger partial charge in [-0.3, -0.25) is 24.0 Å². The maximum absolute atomic E-state index is 13.1. The zero-order valence-electron chi connectivity index (χ0n) is 70.8. The molecule has 0 radical (unpaired) electrons. The Labute approximate surface area is 746 Å². The van der Waals surface area contributed by atoms with E-state index < -0.39 is 420 Å². The van der Waals surface area contributed by atoms with Crippen molar-refractivity contribution in [3.8, 4) is 0 Å². The Bertz CT molecular complexity index is 3680. The maximum atomic E-state index is 13.1. The van der Waals surface area contributed by atoms with Gasteiger partial charge >= 0.3 is 5.97 Å². The number of aliphatic hydroxyl groups excluding tert-OH is 28. The van der Waals surface area contributed by atoms with E-state index >= 15 is 0 Å². The lowest BCUT2D eigenvalue weighted by Crippen LogP contribution is -2.70. The highest BCUT2D eigenvalue weighted by molar-refractivity contribution is 5.77. The molecule has 0 aromatic carbocycles. The maximum Gasteiger partial charge on any atom is 0.364 e. The van der Waals surface area contributed by atoms with Crippen LogP contribution in [0.2, 0.25) is 0 Å². The van der Waals surface area contributed by atoms with E-state index in [9.17, 15) is 177 Å². The molecule has 10 aliphatic rings. The lowest BCUT2D eigenvalue weighted by molar-refractivity contribution is -0.387. The number of hydrogen-bond donors (Lipinski definition) is 34. The molecule has 0 bridgehead atoms. The molecule has 0 aliphatic carbocycles. The SMILES string of the molecule is CC(=O)N[C@H]1[C@H](O[C@H]2[C@@H](O)[C@@H](CO[C@@H]3O[C@H](CO)[C@@H](O[C@@H]4O[C@H](CO)[C@H](O)[C@H](O[C@@H]5O[C@H](CO)[C@@H](O[C@@H]6O[C@H](CO)[C@H](O)[C@H](O[C@@H]7O[C@H](CO)[C@@H](O)[C@H](O)[C@H]7NC(C)=O)[C@H]6O)[C@H](O)[C@H]5NC(C)=O)[C@H]4O)[C@H](O)[C@H]3NC(C)=O)O[C@@H](O[C@H]3[C@H](O)[C@@H](O)C(O)O[C@@H]3CO)[C@@H]2O)O[C@H](CO)[C@@H](O[C@@H]2O[C@H](CO[C@]3(C(=O)O)C[C@H](O)[C@@H](NC(C)=O)[C@H]([C@H](O)[C@H](O)CO)O3)[C@H](O)[C@H](O)[C@H]2O)[C@@H]1O. The minimum atomic E-state index is -3.09. The highest BCUT2D eigenvalue weighted by atomic mass is 16.8. The van der Waals surface area contributed by atoms with Gasteiger partial charge in [-0.25, -0.2) is 4.79 Å². The quantitative estimate of drug-likeness (QED) is 0.0277. The van der Waals surface area contributed by atoms with Crippen LogP contribution in [-0.2, 0) is 119 Å². The van der Waals surface area contributed by atoms with Crippen molar-refractivity contribution < 1.29 is 267 Å². The molecule has 5 amide bonds. The monoisotopic (exact) mass is 1930 g/mol. The number of ether oxygens (including phenoxy) is 19. The highest BCUT2D eigenvalue weighted by Crippen LogP contribution is 2.42. The summed E-state index contributed by atoms with van der Waals surface area (Å²) in [5.74, 6) is -9.75. The molecule has 10 aliphatic heterocycles. The van der Waals surface area contributed by atoms with E-state index in [0.29, 0.717) is 0 Å². The Hall–Kier alpha value is -5.06. The van der Waals surface area contributed by atoms with Crippen LogP contribution in [0.3, 0.4) is 0 Å². The Morgan fingerprint density at radius 2 is 0.606 bits per heavy atom. The molecule has 10 saturated heterocycles. The smallest absolute Gasteiger partial charge is 0.364 e. The second-order valence-electron chi connectivity index (χ2n) is 33.2. The molecule has 0 saturated carbocycles. The zero-order valence-corrected chi connectivity index (χ0v) is 70.8. The average Bonchev–Trinajstić information content (AvgIpc) is 0.767. The minimum absolute atomic E-state index is 0.801. The molecule has 132 heavy (non-hydrogen) atoms. The number of hydrogen-bond acceptors (Lipinski definition) is 53. The molecule has 1 unspecified atom stereocenters. The molecule has 0 aromatic heterocycles. The normalized spacial score (nSPS) is 47.2. The molecular weight excluding hydrogens is 1810 g/mol. The fraction of sp³-hybridized carbons (Fsp3) is 0.918. The zero-order chi connectivity index (χ0) is 97.6. The molecule has 0 aromatic rings. The van der Waals surface area contributed by atoms with Crippen LogP contribution < -0.4 is 26.6 Å². The molecule has 34 N–H and O–H groups in total. The van der Waals surface area contributed by atoms with Gasteiger partial charge in [0.05, 0.1) is 78.2 Å². The Morgan fingerprint density at radius 3 is 0.985 bits per heavy atom. The van der Waals surface area contributed by atoms with Crippen LogP contribution in [0.5, 0.6) is 0 Å². The third-order valence-electron chi connectivity index (χ3n) is 23.8. The summed E-state index contributed by atoms with van der Waals surface area (Å²) in [6.07, 6.45) is -96.6. The summed E-state index contributed by atoms with van der Waals surface area (Å²) in [6.45, 7) is -6.73. The van der Waals surface area contributed by atoms with Crippen molar-refractivity contribution in [1.29, 1.82) is 0 Å². The molecule has 10 heterocycles. The summed E-state index contributed by atoms with van der Waals surface area (Å²) >= 11 is 0. The number of rotatable bonds is 36. The standard InChI is InChI=1S/C73H121N5O54/c1-17(87)74-33-22(92)6-73(72(112)113,132-59(33)38(94)23(93)7-79)115-16-32-40(96)48(104)51(107)68(124-32)125-56-29(13-85)121-67(36(46(56)102)77-20(4)90)131-62-43(99)31(123-71(54(62)110)128-58-27(11-83)116-63(111)50(106)49(58)105)15-114-64-35(76-19(3)89)45(101)55(28(12-84)120-64)126-69-53(109)61(42(98)26(10-82)118-69)130-66-37(78-21(5)91)47(103)57(30(14-86)122-66)127-70-52(108)60(41(97)25(9-81)119-70)129-65-34(75-18(2)88)44(100)39(95)24(8-80)117-65/h22-71,79-86,92-111H,6-16H2,1-5H3,(H,74,87)(H,75,88)(H,76,89)(H,77,90)(H,78,91)(H,112,113)/t22-,23+,24+,25+,26+,27+,28+,29+,30+,31+,32+,33+,34+,35+,36+,37+,38+,39+,40-,41-,42-,43-,44+,45+,46+,47+,48-,49+,50+,51+,52+,53+,54+,55+,56+,57+,58+,59+,60-,61-,62-,63?,64+,65-,66-,67-,68-,69-,70-,71-,73+/m0/s1. The van der Waals surface area contributed by atoms with Crippen molar-refractivity contribution in [1.82, 2.24) is 26.6 Å². The number of aliphatic hydroxyl groups is 28. The molecule has 10 fully saturated rings. The van der Waals surface area contributed by atoms with Gasteiger partial charge in [-0.05, 0) is 0 Å². The first-order valence-corrected chi connectivity index (χ1v) is 41.8. The van der Waals surface area contributed by atoms with E-state index in [-0.39, 0.29) is 0 Å². The van der Waals surface area contributed by atoms with Gasteiger partial charge in [-0.2, -0.15) is 0 Å². The molecule has 59 heteroatoms.